The molecule has 4 nitrogen and oxygen atoms in total. The predicted octanol–water partition coefficient (Wildman–Crippen LogP) is 2.93. The number of ether oxygens (including phenoxy) is 1. The first kappa shape index (κ1) is 14.8. The molecular formula is C13H21NO3S. The van der Waals surface area contributed by atoms with E-state index in [0.29, 0.717) is 5.69 Å². The molecule has 0 unspecified atom stereocenters. The summed E-state index contributed by atoms with van der Waals surface area (Å²) in [6.07, 6.45) is 0.0996. The van der Waals surface area contributed by atoms with Gasteiger partial charge in [0.05, 0.1) is 17.0 Å². The maximum absolute atomic E-state index is 11.8. The van der Waals surface area contributed by atoms with Crippen LogP contribution in [0.2, 0.25) is 0 Å². The Morgan fingerprint density at radius 3 is 2.22 bits per heavy atom. The third-order valence-corrected chi connectivity index (χ3v) is 4.19. The Bertz CT molecular complexity index is 507. The summed E-state index contributed by atoms with van der Waals surface area (Å²) in [5, 5.41) is -0.455. The topological polar surface area (TPSA) is 55.4 Å². The highest BCUT2D eigenvalue weighted by atomic mass is 32.2. The fraction of sp³-hybridized carbons (Fsp3) is 0.538. The molecule has 0 radical (unpaired) electrons. The first-order chi connectivity index (χ1) is 8.22. The molecule has 1 N–H and O–H groups in total. The van der Waals surface area contributed by atoms with Crippen molar-refractivity contribution >= 4 is 15.7 Å². The van der Waals surface area contributed by atoms with Gasteiger partial charge in [-0.1, -0.05) is 0 Å². The number of aryl methyl sites for hydroxylation is 1. The van der Waals surface area contributed by atoms with E-state index in [1.807, 2.05) is 26.8 Å². The number of anilines is 1. The molecule has 0 aliphatic rings. The molecule has 0 spiro atoms. The van der Waals surface area contributed by atoms with Crippen LogP contribution in [-0.2, 0) is 10.0 Å². The molecule has 1 aromatic carbocycles. The zero-order chi connectivity index (χ0) is 13.9. The van der Waals surface area contributed by atoms with Crippen LogP contribution in [0.4, 0.5) is 5.69 Å². The molecule has 0 atom stereocenters. The summed E-state index contributed by atoms with van der Waals surface area (Å²) in [5.41, 5.74) is 1.44. The van der Waals surface area contributed by atoms with Crippen LogP contribution in [-0.4, -0.2) is 19.8 Å². The van der Waals surface area contributed by atoms with E-state index < -0.39 is 15.3 Å². The van der Waals surface area contributed by atoms with Crippen molar-refractivity contribution in [2.45, 2.75) is 46.0 Å². The van der Waals surface area contributed by atoms with E-state index in [-0.39, 0.29) is 6.10 Å². The molecule has 0 saturated carbocycles. The molecule has 0 amide bonds. The fourth-order valence-corrected chi connectivity index (χ4v) is 2.14. The van der Waals surface area contributed by atoms with Gasteiger partial charge < -0.3 is 4.74 Å². The number of rotatable bonds is 5. The summed E-state index contributed by atoms with van der Waals surface area (Å²) in [5.74, 6) is 0.745. The van der Waals surface area contributed by atoms with E-state index in [1.165, 1.54) is 0 Å². The Morgan fingerprint density at radius 2 is 1.78 bits per heavy atom. The van der Waals surface area contributed by atoms with Gasteiger partial charge in [0.25, 0.3) is 0 Å². The lowest BCUT2D eigenvalue weighted by atomic mass is 10.2. The van der Waals surface area contributed by atoms with Gasteiger partial charge in [-0.25, -0.2) is 8.42 Å². The lowest BCUT2D eigenvalue weighted by Gasteiger charge is -2.15. The van der Waals surface area contributed by atoms with Gasteiger partial charge in [-0.05, 0) is 58.4 Å². The van der Waals surface area contributed by atoms with E-state index in [4.69, 9.17) is 4.74 Å². The van der Waals surface area contributed by atoms with Gasteiger partial charge >= 0.3 is 0 Å². The van der Waals surface area contributed by atoms with Crippen LogP contribution in [0, 0.1) is 6.92 Å². The number of benzene rings is 1. The number of nitrogens with one attached hydrogen (secondary N) is 1. The summed E-state index contributed by atoms with van der Waals surface area (Å²) in [7, 11) is -3.30. The summed E-state index contributed by atoms with van der Waals surface area (Å²) >= 11 is 0. The molecule has 0 fully saturated rings. The predicted molar refractivity (Wildman–Crippen MR) is 74.6 cm³/mol. The molecule has 18 heavy (non-hydrogen) atoms. The largest absolute Gasteiger partial charge is 0.491 e. The van der Waals surface area contributed by atoms with Crippen molar-refractivity contribution in [3.05, 3.63) is 23.8 Å². The van der Waals surface area contributed by atoms with Gasteiger partial charge in [-0.3, -0.25) is 4.72 Å². The maximum Gasteiger partial charge on any atom is 0.235 e. The van der Waals surface area contributed by atoms with Crippen molar-refractivity contribution in [3.63, 3.8) is 0 Å². The second-order valence-corrected chi connectivity index (χ2v) is 7.08. The van der Waals surface area contributed by atoms with Crippen molar-refractivity contribution in [2.24, 2.45) is 0 Å². The van der Waals surface area contributed by atoms with Gasteiger partial charge in [0.1, 0.15) is 5.75 Å². The normalized spacial score (nSPS) is 11.9. The molecular weight excluding hydrogens is 250 g/mol. The van der Waals surface area contributed by atoms with Gasteiger partial charge in [-0.15, -0.1) is 0 Å². The average molecular weight is 271 g/mol. The molecule has 102 valence electrons. The molecule has 0 saturated heterocycles. The van der Waals surface area contributed by atoms with E-state index >= 15 is 0 Å². The second-order valence-electron chi connectivity index (χ2n) is 4.84. The highest BCUT2D eigenvalue weighted by Gasteiger charge is 2.16. The SMILES string of the molecule is Cc1cc(OC(C)C)ccc1NS(=O)(=O)C(C)C. The minimum atomic E-state index is -3.30. The Kier molecular flexibility index (Phi) is 4.62. The van der Waals surface area contributed by atoms with E-state index in [1.54, 1.807) is 26.0 Å². The zero-order valence-electron chi connectivity index (χ0n) is 11.5. The zero-order valence-corrected chi connectivity index (χ0v) is 12.3. The molecule has 0 aliphatic heterocycles. The molecule has 1 aromatic rings. The third kappa shape index (κ3) is 3.91. The summed E-state index contributed by atoms with van der Waals surface area (Å²) in [6.45, 7) is 9.04. The highest BCUT2D eigenvalue weighted by Crippen LogP contribution is 2.23. The van der Waals surface area contributed by atoms with E-state index in [0.717, 1.165) is 11.3 Å². The van der Waals surface area contributed by atoms with Crippen LogP contribution in [0.25, 0.3) is 0 Å². The number of hydrogen-bond donors (Lipinski definition) is 1. The van der Waals surface area contributed by atoms with Crippen molar-refractivity contribution in [1.29, 1.82) is 0 Å². The maximum atomic E-state index is 11.8. The van der Waals surface area contributed by atoms with Crippen LogP contribution >= 0.6 is 0 Å². The van der Waals surface area contributed by atoms with E-state index in [2.05, 4.69) is 4.72 Å². The number of sulfonamides is 1. The highest BCUT2D eigenvalue weighted by molar-refractivity contribution is 7.93. The molecule has 0 aromatic heterocycles. The third-order valence-electron chi connectivity index (χ3n) is 2.44. The Balaban J connectivity index is 2.93. The Morgan fingerprint density at radius 1 is 1.17 bits per heavy atom. The van der Waals surface area contributed by atoms with Crippen LogP contribution in [0.3, 0.4) is 0 Å². The van der Waals surface area contributed by atoms with Crippen molar-refractivity contribution in [1.82, 2.24) is 0 Å². The summed E-state index contributed by atoms with van der Waals surface area (Å²) in [6, 6.07) is 5.33. The molecule has 0 heterocycles. The molecule has 5 heteroatoms. The first-order valence-corrected chi connectivity index (χ1v) is 7.56. The lowest BCUT2D eigenvalue weighted by Crippen LogP contribution is -2.22. The van der Waals surface area contributed by atoms with Crippen LogP contribution in [0.5, 0.6) is 5.75 Å². The summed E-state index contributed by atoms with van der Waals surface area (Å²) < 4.78 is 31.7. The standard InChI is InChI=1S/C13H21NO3S/c1-9(2)17-12-6-7-13(11(5)8-12)14-18(15,16)10(3)4/h6-10,14H,1-5H3. The Hall–Kier alpha value is -1.23. The van der Waals surface area contributed by atoms with Crippen molar-refractivity contribution < 1.29 is 13.2 Å². The molecule has 0 bridgehead atoms. The molecule has 0 aliphatic carbocycles. The van der Waals surface area contributed by atoms with Crippen molar-refractivity contribution in [3.8, 4) is 5.75 Å². The monoisotopic (exact) mass is 271 g/mol. The number of hydrogen-bond acceptors (Lipinski definition) is 3. The molecule has 1 rings (SSSR count). The van der Waals surface area contributed by atoms with Gasteiger partial charge in [-0.2, -0.15) is 0 Å². The Labute approximate surface area is 109 Å². The van der Waals surface area contributed by atoms with Gasteiger partial charge in [0, 0.05) is 0 Å². The van der Waals surface area contributed by atoms with Gasteiger partial charge in [0.15, 0.2) is 0 Å². The van der Waals surface area contributed by atoms with E-state index in [9.17, 15) is 8.42 Å². The first-order valence-electron chi connectivity index (χ1n) is 6.01. The average Bonchev–Trinajstić information content (AvgIpc) is 2.21. The van der Waals surface area contributed by atoms with Gasteiger partial charge in [0.2, 0.25) is 10.0 Å². The van der Waals surface area contributed by atoms with Crippen LogP contribution in [0.15, 0.2) is 18.2 Å². The fourth-order valence-electron chi connectivity index (χ4n) is 1.37. The summed E-state index contributed by atoms with van der Waals surface area (Å²) in [4.78, 5) is 0. The smallest absolute Gasteiger partial charge is 0.235 e. The minimum Gasteiger partial charge on any atom is -0.491 e. The van der Waals surface area contributed by atoms with Crippen molar-refractivity contribution in [2.75, 3.05) is 4.72 Å². The van der Waals surface area contributed by atoms with Crippen LogP contribution < -0.4 is 9.46 Å². The van der Waals surface area contributed by atoms with Crippen LogP contribution in [0.1, 0.15) is 33.3 Å². The second kappa shape index (κ2) is 5.61. The minimum absolute atomic E-state index is 0.0996. The quantitative estimate of drug-likeness (QED) is 0.895. The lowest BCUT2D eigenvalue weighted by molar-refractivity contribution is 0.242.